The van der Waals surface area contributed by atoms with Gasteiger partial charge >= 0.3 is 6.18 Å². The molecular formula is C19H20F3N3O5S. The van der Waals surface area contributed by atoms with Crippen LogP contribution in [0.2, 0.25) is 0 Å². The maximum absolute atomic E-state index is 12.8. The Balaban J connectivity index is 2.29. The summed E-state index contributed by atoms with van der Waals surface area (Å²) in [5.74, 6) is -0.784. The van der Waals surface area contributed by atoms with Gasteiger partial charge in [0.05, 0.1) is 22.4 Å². The Kier molecular flexibility index (Phi) is 6.94. The fourth-order valence-corrected chi connectivity index (χ4v) is 4.15. The van der Waals surface area contributed by atoms with Crippen molar-refractivity contribution in [3.8, 4) is 0 Å². The molecule has 0 fully saturated rings. The van der Waals surface area contributed by atoms with Crippen LogP contribution < -0.4 is 9.62 Å². The maximum atomic E-state index is 12.8. The number of nitrogens with one attached hydrogen (secondary N) is 1. The van der Waals surface area contributed by atoms with Gasteiger partial charge in [0.1, 0.15) is 6.04 Å². The number of sulfonamides is 1. The lowest BCUT2D eigenvalue weighted by atomic mass is 10.1. The fourth-order valence-electron chi connectivity index (χ4n) is 2.92. The third-order valence-electron chi connectivity index (χ3n) is 4.45. The average molecular weight is 459 g/mol. The van der Waals surface area contributed by atoms with Gasteiger partial charge in [0.2, 0.25) is 15.9 Å². The molecule has 0 spiro atoms. The Morgan fingerprint density at radius 3 is 2.42 bits per heavy atom. The van der Waals surface area contributed by atoms with E-state index in [-0.39, 0.29) is 23.5 Å². The van der Waals surface area contributed by atoms with Gasteiger partial charge in [-0.3, -0.25) is 19.2 Å². The number of carbonyl (C=O) groups excluding carboxylic acids is 1. The van der Waals surface area contributed by atoms with E-state index in [9.17, 15) is 36.5 Å². The minimum absolute atomic E-state index is 0.0431. The van der Waals surface area contributed by atoms with Crippen molar-refractivity contribution in [2.24, 2.45) is 0 Å². The van der Waals surface area contributed by atoms with E-state index in [0.717, 1.165) is 28.8 Å². The third kappa shape index (κ3) is 5.94. The number of rotatable bonds is 7. The van der Waals surface area contributed by atoms with Crippen molar-refractivity contribution < 1.29 is 31.3 Å². The molecule has 1 atom stereocenters. The van der Waals surface area contributed by atoms with Crippen molar-refractivity contribution in [2.75, 3.05) is 10.6 Å². The van der Waals surface area contributed by atoms with Crippen LogP contribution >= 0.6 is 0 Å². The maximum Gasteiger partial charge on any atom is 0.416 e. The van der Waals surface area contributed by atoms with E-state index in [1.807, 2.05) is 0 Å². The normalized spacial score (nSPS) is 12.8. The van der Waals surface area contributed by atoms with Crippen LogP contribution in [0.4, 0.5) is 24.5 Å². The van der Waals surface area contributed by atoms with Gasteiger partial charge in [0.15, 0.2) is 0 Å². The minimum atomic E-state index is -4.54. The first-order chi connectivity index (χ1) is 14.2. The van der Waals surface area contributed by atoms with Crippen LogP contribution in [0.5, 0.6) is 0 Å². The summed E-state index contributed by atoms with van der Waals surface area (Å²) in [5, 5.41) is 13.5. The highest BCUT2D eigenvalue weighted by Crippen LogP contribution is 2.30. The SMILES string of the molecule is Cc1ccc([N+](=O)[O-])cc1N([C@@H](C)C(=O)NCc1cccc(C(F)(F)F)c1)S(C)(=O)=O. The molecule has 31 heavy (non-hydrogen) atoms. The molecule has 0 saturated heterocycles. The second-order valence-electron chi connectivity index (χ2n) is 6.88. The standard InChI is InChI=1S/C19H20F3N3O5S/c1-12-7-8-16(25(27)28)10-17(12)24(31(3,29)30)13(2)18(26)23-11-14-5-4-6-15(9-14)19(20,21)22/h4-10,13H,11H2,1-3H3,(H,23,26)/t13-/m0/s1. The number of nitro groups is 1. The zero-order chi connectivity index (χ0) is 23.6. The van der Waals surface area contributed by atoms with E-state index in [1.54, 1.807) is 0 Å². The van der Waals surface area contributed by atoms with Gasteiger partial charge in [-0.2, -0.15) is 13.2 Å². The first-order valence-corrected chi connectivity index (χ1v) is 10.7. The van der Waals surface area contributed by atoms with Gasteiger partial charge in [-0.05, 0) is 37.1 Å². The van der Waals surface area contributed by atoms with E-state index in [2.05, 4.69) is 5.32 Å². The van der Waals surface area contributed by atoms with E-state index in [1.165, 1.54) is 38.1 Å². The molecule has 0 aliphatic carbocycles. The largest absolute Gasteiger partial charge is 0.416 e. The molecule has 0 bridgehead atoms. The van der Waals surface area contributed by atoms with Gasteiger partial charge in [0.25, 0.3) is 5.69 Å². The van der Waals surface area contributed by atoms with Crippen molar-refractivity contribution in [3.05, 3.63) is 69.3 Å². The molecule has 1 N–H and O–H groups in total. The lowest BCUT2D eigenvalue weighted by Gasteiger charge is -2.29. The minimum Gasteiger partial charge on any atom is -0.350 e. The number of nitrogens with zero attached hydrogens (tertiary/aromatic N) is 2. The number of nitro benzene ring substituents is 1. The lowest BCUT2D eigenvalue weighted by Crippen LogP contribution is -2.48. The number of alkyl halides is 3. The Morgan fingerprint density at radius 2 is 1.87 bits per heavy atom. The van der Waals surface area contributed by atoms with E-state index >= 15 is 0 Å². The number of aryl methyl sites for hydroxylation is 1. The van der Waals surface area contributed by atoms with Crippen LogP contribution in [0.3, 0.4) is 0 Å². The quantitative estimate of drug-likeness (QED) is 0.504. The molecule has 0 radical (unpaired) electrons. The Bertz CT molecular complexity index is 1100. The smallest absolute Gasteiger partial charge is 0.350 e. The predicted octanol–water partition coefficient (Wildman–Crippen LogP) is 3.39. The highest BCUT2D eigenvalue weighted by molar-refractivity contribution is 7.92. The van der Waals surface area contributed by atoms with Crippen LogP contribution in [-0.4, -0.2) is 31.5 Å². The van der Waals surface area contributed by atoms with Crippen molar-refractivity contribution in [1.29, 1.82) is 0 Å². The number of carbonyl (C=O) groups is 1. The molecule has 2 aromatic rings. The first kappa shape index (κ1) is 24.1. The molecular weight excluding hydrogens is 439 g/mol. The third-order valence-corrected chi connectivity index (χ3v) is 5.68. The molecule has 0 aliphatic heterocycles. The van der Waals surface area contributed by atoms with Gasteiger partial charge in [-0.25, -0.2) is 8.42 Å². The van der Waals surface area contributed by atoms with Gasteiger partial charge in [-0.1, -0.05) is 18.2 Å². The second-order valence-corrected chi connectivity index (χ2v) is 8.74. The van der Waals surface area contributed by atoms with E-state index in [4.69, 9.17) is 0 Å². The molecule has 2 aromatic carbocycles. The van der Waals surface area contributed by atoms with Crippen LogP contribution in [0.15, 0.2) is 42.5 Å². The van der Waals surface area contributed by atoms with Crippen molar-refractivity contribution >= 4 is 27.3 Å². The number of anilines is 1. The summed E-state index contributed by atoms with van der Waals surface area (Å²) in [5.41, 5.74) is -0.720. The lowest BCUT2D eigenvalue weighted by molar-refractivity contribution is -0.384. The van der Waals surface area contributed by atoms with Crippen molar-refractivity contribution in [1.82, 2.24) is 5.32 Å². The van der Waals surface area contributed by atoms with Crippen molar-refractivity contribution in [2.45, 2.75) is 32.6 Å². The summed E-state index contributed by atoms with van der Waals surface area (Å²) in [6.45, 7) is 2.55. The number of non-ortho nitro benzene ring substituents is 1. The Labute approximate surface area is 176 Å². The molecule has 0 aliphatic rings. The molecule has 0 unspecified atom stereocenters. The van der Waals surface area contributed by atoms with Gasteiger partial charge in [-0.15, -0.1) is 0 Å². The van der Waals surface area contributed by atoms with E-state index < -0.39 is 38.6 Å². The molecule has 12 heteroatoms. The summed E-state index contributed by atoms with van der Waals surface area (Å²) < 4.78 is 64.0. The van der Waals surface area contributed by atoms with Gasteiger partial charge in [0, 0.05) is 18.7 Å². The molecule has 1 amide bonds. The van der Waals surface area contributed by atoms with E-state index in [0.29, 0.717) is 5.56 Å². The second kappa shape index (κ2) is 8.92. The summed E-state index contributed by atoms with van der Waals surface area (Å²) in [6, 6.07) is 6.65. The highest BCUT2D eigenvalue weighted by atomic mass is 32.2. The average Bonchev–Trinajstić information content (AvgIpc) is 2.66. The summed E-state index contributed by atoms with van der Waals surface area (Å²) in [6.07, 6.45) is -3.69. The summed E-state index contributed by atoms with van der Waals surface area (Å²) >= 11 is 0. The molecule has 0 aromatic heterocycles. The van der Waals surface area contributed by atoms with Crippen LogP contribution in [0, 0.1) is 17.0 Å². The molecule has 168 valence electrons. The van der Waals surface area contributed by atoms with Crippen LogP contribution in [-0.2, 0) is 27.5 Å². The highest BCUT2D eigenvalue weighted by Gasteiger charge is 2.32. The first-order valence-electron chi connectivity index (χ1n) is 8.90. The molecule has 0 heterocycles. The molecule has 8 nitrogen and oxygen atoms in total. The number of benzene rings is 2. The summed E-state index contributed by atoms with van der Waals surface area (Å²) in [4.78, 5) is 23.0. The monoisotopic (exact) mass is 459 g/mol. The number of hydrogen-bond donors (Lipinski definition) is 1. The Morgan fingerprint density at radius 1 is 1.23 bits per heavy atom. The zero-order valence-corrected chi connectivity index (χ0v) is 17.6. The van der Waals surface area contributed by atoms with Gasteiger partial charge < -0.3 is 5.32 Å². The topological polar surface area (TPSA) is 110 Å². The number of halogens is 3. The van der Waals surface area contributed by atoms with Crippen LogP contribution in [0.1, 0.15) is 23.6 Å². The number of amides is 1. The predicted molar refractivity (Wildman–Crippen MR) is 108 cm³/mol. The number of hydrogen-bond acceptors (Lipinski definition) is 5. The Hall–Kier alpha value is -3.15. The molecule has 0 saturated carbocycles. The fraction of sp³-hybridized carbons (Fsp3) is 0.316. The molecule has 2 rings (SSSR count). The summed E-state index contributed by atoms with van der Waals surface area (Å²) in [7, 11) is -4.04. The van der Waals surface area contributed by atoms with Crippen LogP contribution in [0.25, 0.3) is 0 Å². The zero-order valence-electron chi connectivity index (χ0n) is 16.8. The van der Waals surface area contributed by atoms with Crippen molar-refractivity contribution in [3.63, 3.8) is 0 Å².